The van der Waals surface area contributed by atoms with E-state index in [0.29, 0.717) is 0 Å². The number of aromatic nitrogens is 1. The van der Waals surface area contributed by atoms with E-state index in [1.807, 2.05) is 0 Å². The zero-order valence-electron chi connectivity index (χ0n) is 10.2. The Labute approximate surface area is 118 Å². The largest absolute Gasteiger partial charge is 0.300 e. The summed E-state index contributed by atoms with van der Waals surface area (Å²) < 4.78 is 27.9. The smallest absolute Gasteiger partial charge is 0.292 e. The maximum Gasteiger partial charge on any atom is 0.292 e. The van der Waals surface area contributed by atoms with Gasteiger partial charge in [-0.25, -0.2) is 0 Å². The number of fused-ring (bicyclic) bond motifs is 1. The van der Waals surface area contributed by atoms with Crippen LogP contribution in [0.3, 0.4) is 0 Å². The molecule has 0 saturated heterocycles. The fraction of sp³-hybridized carbons (Fsp3) is 0.143. The average Bonchev–Trinajstić information content (AvgIpc) is 2.71. The number of hydrogen-bond acceptors (Lipinski definition) is 2. The van der Waals surface area contributed by atoms with Gasteiger partial charge >= 0.3 is 0 Å². The van der Waals surface area contributed by atoms with Crippen LogP contribution >= 0.6 is 11.6 Å². The van der Waals surface area contributed by atoms with Crippen molar-refractivity contribution in [3.63, 3.8) is 0 Å². The summed E-state index contributed by atoms with van der Waals surface area (Å²) in [7, 11) is 0. The van der Waals surface area contributed by atoms with E-state index in [1.54, 1.807) is 12.1 Å². The second-order valence-corrected chi connectivity index (χ2v) is 4.91. The van der Waals surface area contributed by atoms with Gasteiger partial charge in [-0.1, -0.05) is 17.7 Å². The molecule has 0 aliphatic carbocycles. The minimum atomic E-state index is -3.11. The van der Waals surface area contributed by atoms with Gasteiger partial charge in [0, 0.05) is 16.8 Å². The Morgan fingerprint density at radius 1 is 1.30 bits per heavy atom. The molecular formula is C14H9ClF2N2O. The van der Waals surface area contributed by atoms with E-state index in [1.165, 1.54) is 30.5 Å². The van der Waals surface area contributed by atoms with Gasteiger partial charge in [-0.15, -0.1) is 0 Å². The molecule has 2 aromatic rings. The van der Waals surface area contributed by atoms with E-state index >= 15 is 0 Å². The molecule has 0 radical (unpaired) electrons. The number of alkyl halides is 2. The van der Waals surface area contributed by atoms with E-state index in [-0.39, 0.29) is 22.0 Å². The summed E-state index contributed by atoms with van der Waals surface area (Å²) in [4.78, 5) is 17.2. The van der Waals surface area contributed by atoms with Gasteiger partial charge < -0.3 is 4.90 Å². The van der Waals surface area contributed by atoms with Crippen LogP contribution in [0, 0.1) is 0 Å². The van der Waals surface area contributed by atoms with E-state index in [2.05, 4.69) is 4.98 Å². The molecule has 3 nitrogen and oxygen atoms in total. The molecule has 1 aliphatic heterocycles. The molecule has 0 spiro atoms. The van der Waals surface area contributed by atoms with Gasteiger partial charge in [0.15, 0.2) is 0 Å². The second-order valence-electron chi connectivity index (χ2n) is 4.47. The van der Waals surface area contributed by atoms with Crippen molar-refractivity contribution < 1.29 is 13.6 Å². The van der Waals surface area contributed by atoms with Gasteiger partial charge in [0.1, 0.15) is 5.69 Å². The van der Waals surface area contributed by atoms with Crippen molar-refractivity contribution in [2.75, 3.05) is 11.4 Å². The Hall–Kier alpha value is -2.01. The van der Waals surface area contributed by atoms with Crippen LogP contribution in [0.1, 0.15) is 16.1 Å². The number of carbonyl (C=O) groups excluding carboxylic acids is 1. The lowest BCUT2D eigenvalue weighted by molar-refractivity contribution is 0.0138. The topological polar surface area (TPSA) is 33.2 Å². The third kappa shape index (κ3) is 2.04. The highest BCUT2D eigenvalue weighted by atomic mass is 35.5. The van der Waals surface area contributed by atoms with Gasteiger partial charge in [-0.3, -0.25) is 9.78 Å². The molecule has 0 unspecified atom stereocenters. The van der Waals surface area contributed by atoms with Crippen molar-refractivity contribution in [2.24, 2.45) is 0 Å². The first-order valence-electron chi connectivity index (χ1n) is 5.90. The Bertz CT molecular complexity index is 676. The molecule has 0 saturated carbocycles. The molecule has 20 heavy (non-hydrogen) atoms. The highest BCUT2D eigenvalue weighted by molar-refractivity contribution is 6.30. The van der Waals surface area contributed by atoms with Crippen LogP contribution in [0.2, 0.25) is 5.02 Å². The summed E-state index contributed by atoms with van der Waals surface area (Å²) in [5, 5.41) is 0.218. The lowest BCUT2D eigenvalue weighted by Gasteiger charge is -2.16. The van der Waals surface area contributed by atoms with Gasteiger partial charge in [0.05, 0.1) is 12.2 Å². The van der Waals surface area contributed by atoms with Crippen molar-refractivity contribution in [3.8, 4) is 0 Å². The Kier molecular flexibility index (Phi) is 2.94. The maximum absolute atomic E-state index is 14.0. The highest BCUT2D eigenvalue weighted by Crippen LogP contribution is 2.44. The van der Waals surface area contributed by atoms with Crippen LogP contribution in [0.5, 0.6) is 0 Å². The van der Waals surface area contributed by atoms with Gasteiger partial charge in [0.2, 0.25) is 0 Å². The number of pyridine rings is 1. The van der Waals surface area contributed by atoms with Gasteiger partial charge in [0.25, 0.3) is 11.8 Å². The number of amides is 1. The number of hydrogen-bond donors (Lipinski definition) is 0. The monoisotopic (exact) mass is 294 g/mol. The van der Waals surface area contributed by atoms with Crippen molar-refractivity contribution in [2.45, 2.75) is 5.92 Å². The molecule has 1 amide bonds. The Morgan fingerprint density at radius 3 is 2.80 bits per heavy atom. The zero-order chi connectivity index (χ0) is 14.3. The average molecular weight is 295 g/mol. The van der Waals surface area contributed by atoms with Crippen LogP contribution in [0.15, 0.2) is 42.6 Å². The Balaban J connectivity index is 2.04. The quantitative estimate of drug-likeness (QED) is 0.806. The Morgan fingerprint density at radius 2 is 2.10 bits per heavy atom. The highest BCUT2D eigenvalue weighted by Gasteiger charge is 2.46. The van der Waals surface area contributed by atoms with Crippen LogP contribution in [-0.2, 0) is 5.92 Å². The van der Waals surface area contributed by atoms with E-state index in [9.17, 15) is 13.6 Å². The predicted molar refractivity (Wildman–Crippen MR) is 71.3 cm³/mol. The molecule has 1 aromatic heterocycles. The number of nitrogens with zero attached hydrogens (tertiary/aromatic N) is 2. The van der Waals surface area contributed by atoms with Gasteiger partial charge in [-0.05, 0) is 30.3 Å². The predicted octanol–water partition coefficient (Wildman–Crippen LogP) is 3.49. The first kappa shape index (κ1) is 13.0. The SMILES string of the molecule is O=C(c1ccccn1)N1CC(F)(F)c2cc(Cl)ccc21. The molecule has 0 bridgehead atoms. The lowest BCUT2D eigenvalue weighted by Crippen LogP contribution is -2.33. The molecule has 2 heterocycles. The minimum absolute atomic E-state index is 0.131. The molecule has 0 N–H and O–H groups in total. The molecule has 1 aliphatic rings. The fourth-order valence-corrected chi connectivity index (χ4v) is 2.39. The second kappa shape index (κ2) is 4.52. The molecule has 0 atom stereocenters. The van der Waals surface area contributed by atoms with Crippen molar-refractivity contribution in [1.82, 2.24) is 4.98 Å². The lowest BCUT2D eigenvalue weighted by atomic mass is 10.1. The van der Waals surface area contributed by atoms with E-state index < -0.39 is 18.4 Å². The van der Waals surface area contributed by atoms with Crippen molar-refractivity contribution in [1.29, 1.82) is 0 Å². The molecule has 102 valence electrons. The number of carbonyl (C=O) groups is 1. The van der Waals surface area contributed by atoms with E-state index in [4.69, 9.17) is 11.6 Å². The summed E-state index contributed by atoms with van der Waals surface area (Å²) in [6.45, 7) is -0.696. The standard InChI is InChI=1S/C14H9ClF2N2O/c15-9-4-5-12-10(7-9)14(16,17)8-19(12)13(20)11-3-1-2-6-18-11/h1-7H,8H2. The van der Waals surface area contributed by atoms with Crippen molar-refractivity contribution >= 4 is 23.2 Å². The normalized spacial score (nSPS) is 16.1. The van der Waals surface area contributed by atoms with Crippen LogP contribution in [0.4, 0.5) is 14.5 Å². The summed E-state index contributed by atoms with van der Waals surface area (Å²) >= 11 is 5.75. The van der Waals surface area contributed by atoms with Crippen LogP contribution in [0.25, 0.3) is 0 Å². The fourth-order valence-electron chi connectivity index (χ4n) is 2.21. The molecular weight excluding hydrogens is 286 g/mol. The number of rotatable bonds is 1. The number of anilines is 1. The molecule has 3 rings (SSSR count). The summed E-state index contributed by atoms with van der Waals surface area (Å²) in [6.07, 6.45) is 1.45. The first-order valence-corrected chi connectivity index (χ1v) is 6.27. The third-order valence-electron chi connectivity index (χ3n) is 3.13. The van der Waals surface area contributed by atoms with Crippen LogP contribution in [-0.4, -0.2) is 17.4 Å². The summed E-state index contributed by atoms with van der Waals surface area (Å²) in [5.41, 5.74) is 0.0791. The summed E-state index contributed by atoms with van der Waals surface area (Å²) in [6, 6.07) is 8.90. The molecule has 6 heteroatoms. The summed E-state index contributed by atoms with van der Waals surface area (Å²) in [5.74, 6) is -3.66. The zero-order valence-corrected chi connectivity index (χ0v) is 10.9. The molecule has 1 aromatic carbocycles. The van der Waals surface area contributed by atoms with Crippen LogP contribution < -0.4 is 4.90 Å². The third-order valence-corrected chi connectivity index (χ3v) is 3.36. The van der Waals surface area contributed by atoms with E-state index in [0.717, 1.165) is 4.90 Å². The van der Waals surface area contributed by atoms with Gasteiger partial charge in [-0.2, -0.15) is 8.78 Å². The molecule has 0 fully saturated rings. The first-order chi connectivity index (χ1) is 9.49. The number of halogens is 3. The maximum atomic E-state index is 14.0. The number of benzene rings is 1. The minimum Gasteiger partial charge on any atom is -0.300 e. The van der Waals surface area contributed by atoms with Crippen molar-refractivity contribution in [3.05, 3.63) is 58.9 Å².